The van der Waals surface area contributed by atoms with Crippen molar-refractivity contribution < 1.29 is 14.4 Å². The maximum absolute atomic E-state index is 12.1. The van der Waals surface area contributed by atoms with Crippen LogP contribution in [0.4, 0.5) is 0 Å². The Hall–Kier alpha value is -2.40. The first-order chi connectivity index (χ1) is 12.3. The first-order valence-corrected chi connectivity index (χ1v) is 8.78. The molecule has 1 saturated heterocycles. The summed E-state index contributed by atoms with van der Waals surface area (Å²) in [5.41, 5.74) is 3.09. The molecule has 3 rings (SSSR count). The molecule has 1 aromatic carbocycles. The molecule has 1 N–H and O–H groups in total. The van der Waals surface area contributed by atoms with Crippen LogP contribution in [0.1, 0.15) is 31.2 Å². The highest BCUT2D eigenvalue weighted by atomic mass is 16.6. The number of oxime groups is 1. The van der Waals surface area contributed by atoms with Crippen LogP contribution in [0, 0.1) is 0 Å². The number of rotatable bonds is 6. The first-order valence-electron chi connectivity index (χ1n) is 8.78. The third-order valence-electron chi connectivity index (χ3n) is 4.28. The molecule has 1 aromatic rings. The van der Waals surface area contributed by atoms with Crippen molar-refractivity contribution in [2.24, 2.45) is 5.16 Å². The van der Waals surface area contributed by atoms with Crippen LogP contribution in [0.2, 0.25) is 0 Å². The number of hydrogen-bond acceptors (Lipinski definition) is 5. The second-order valence-electron chi connectivity index (χ2n) is 6.26. The van der Waals surface area contributed by atoms with Gasteiger partial charge in [-0.25, -0.2) is 0 Å². The molecule has 0 saturated carbocycles. The topological polar surface area (TPSA) is 59.9 Å². The Kier molecular flexibility index (Phi) is 6.40. The summed E-state index contributed by atoms with van der Waals surface area (Å²) in [5.74, 6) is -0.191. The fourth-order valence-corrected chi connectivity index (χ4v) is 2.82. The van der Waals surface area contributed by atoms with Gasteiger partial charge in [-0.1, -0.05) is 53.7 Å². The summed E-state index contributed by atoms with van der Waals surface area (Å²) in [7, 11) is 0. The lowest BCUT2D eigenvalue weighted by Crippen LogP contribution is -2.45. The molecule has 0 unspecified atom stereocenters. The van der Waals surface area contributed by atoms with E-state index in [0.29, 0.717) is 26.2 Å². The zero-order chi connectivity index (χ0) is 17.3. The molecule has 0 amide bonds. The van der Waals surface area contributed by atoms with Gasteiger partial charge in [0.05, 0.1) is 5.71 Å². The smallest absolute Gasteiger partial charge is 0.323 e. The fourth-order valence-electron chi connectivity index (χ4n) is 2.82. The Morgan fingerprint density at radius 3 is 2.80 bits per heavy atom. The van der Waals surface area contributed by atoms with Crippen LogP contribution in [0.15, 0.2) is 59.3 Å². The minimum absolute atomic E-state index is 0.191. The van der Waals surface area contributed by atoms with Crippen LogP contribution < -0.4 is 5.32 Å². The predicted molar refractivity (Wildman–Crippen MR) is 97.1 cm³/mol. The van der Waals surface area contributed by atoms with Gasteiger partial charge in [-0.15, -0.1) is 0 Å². The maximum atomic E-state index is 12.1. The summed E-state index contributed by atoms with van der Waals surface area (Å²) in [6, 6.07) is 9.67. The minimum Gasteiger partial charge on any atom is -0.460 e. The number of esters is 1. The summed E-state index contributed by atoms with van der Waals surface area (Å²) >= 11 is 0. The van der Waals surface area contributed by atoms with Gasteiger partial charge < -0.3 is 9.57 Å². The van der Waals surface area contributed by atoms with Gasteiger partial charge in [-0.2, -0.15) is 0 Å². The number of carbonyl (C=O) groups excluding carboxylic acids is 1. The summed E-state index contributed by atoms with van der Waals surface area (Å²) in [6.45, 7) is 1.37. The average molecular weight is 340 g/mol. The normalized spacial score (nSPS) is 21.7. The largest absolute Gasteiger partial charge is 0.460 e. The molecule has 1 atom stereocenters. The molecule has 1 heterocycles. The molecule has 1 fully saturated rings. The van der Waals surface area contributed by atoms with Crippen LogP contribution in [0.3, 0.4) is 0 Å². The van der Waals surface area contributed by atoms with Gasteiger partial charge in [0.1, 0.15) is 19.3 Å². The summed E-state index contributed by atoms with van der Waals surface area (Å²) in [5, 5.41) is 7.36. The van der Waals surface area contributed by atoms with E-state index in [1.54, 1.807) is 0 Å². The van der Waals surface area contributed by atoms with Crippen LogP contribution in [-0.4, -0.2) is 30.9 Å². The SMILES string of the molecule is O=C(OCC1=CCCC=C1)[C@@H]1CC/C(=N/OCc2ccccc2)CN1. The van der Waals surface area contributed by atoms with Gasteiger partial charge in [0.15, 0.2) is 0 Å². The Morgan fingerprint density at radius 1 is 1.20 bits per heavy atom. The summed E-state index contributed by atoms with van der Waals surface area (Å²) in [4.78, 5) is 17.5. The fraction of sp³-hybridized carbons (Fsp3) is 0.400. The number of nitrogens with one attached hydrogen (secondary N) is 1. The number of allylic oxidation sites excluding steroid dienone is 2. The van der Waals surface area contributed by atoms with Crippen molar-refractivity contribution in [3.05, 3.63) is 59.7 Å². The highest BCUT2D eigenvalue weighted by Crippen LogP contribution is 2.12. The van der Waals surface area contributed by atoms with Crippen molar-refractivity contribution in [1.82, 2.24) is 5.32 Å². The van der Waals surface area contributed by atoms with Crippen molar-refractivity contribution in [3.8, 4) is 0 Å². The van der Waals surface area contributed by atoms with E-state index in [0.717, 1.165) is 36.1 Å². The van der Waals surface area contributed by atoms with Crippen molar-refractivity contribution in [3.63, 3.8) is 0 Å². The molecule has 5 nitrogen and oxygen atoms in total. The third kappa shape index (κ3) is 5.57. The van der Waals surface area contributed by atoms with E-state index in [9.17, 15) is 4.79 Å². The molecule has 0 bridgehead atoms. The van der Waals surface area contributed by atoms with Gasteiger partial charge in [0.25, 0.3) is 0 Å². The Morgan fingerprint density at radius 2 is 2.08 bits per heavy atom. The second kappa shape index (κ2) is 9.18. The van der Waals surface area contributed by atoms with Crippen LogP contribution in [0.5, 0.6) is 0 Å². The van der Waals surface area contributed by atoms with Crippen molar-refractivity contribution in [2.45, 2.75) is 38.3 Å². The van der Waals surface area contributed by atoms with Gasteiger partial charge in [0.2, 0.25) is 0 Å². The summed E-state index contributed by atoms with van der Waals surface area (Å²) in [6.07, 6.45) is 9.77. The number of nitrogens with zero attached hydrogens (tertiary/aromatic N) is 1. The zero-order valence-corrected chi connectivity index (χ0v) is 14.3. The molecular formula is C20H24N2O3. The lowest BCUT2D eigenvalue weighted by molar-refractivity contribution is -0.145. The van der Waals surface area contributed by atoms with E-state index in [4.69, 9.17) is 9.57 Å². The molecule has 0 aromatic heterocycles. The highest BCUT2D eigenvalue weighted by molar-refractivity contribution is 5.89. The molecule has 25 heavy (non-hydrogen) atoms. The average Bonchev–Trinajstić information content (AvgIpc) is 2.68. The Balaban J connectivity index is 1.37. The standard InChI is InChI=1S/C20H24N2O3/c23-20(24-14-16-7-3-1-4-8-16)19-12-11-18(13-21-19)22-25-15-17-9-5-2-6-10-17/h2-3,5-10,19,21H,1,4,11-15H2/b22-18-/t19-/m0/s1. The minimum atomic E-state index is -0.263. The molecule has 2 aliphatic rings. The Labute approximate surface area is 148 Å². The molecule has 5 heteroatoms. The number of ether oxygens (including phenoxy) is 1. The molecule has 0 spiro atoms. The van der Waals surface area contributed by atoms with E-state index in [1.165, 1.54) is 0 Å². The molecule has 1 aliphatic carbocycles. The van der Waals surface area contributed by atoms with Crippen LogP contribution in [-0.2, 0) is 21.0 Å². The van der Waals surface area contributed by atoms with Crippen molar-refractivity contribution in [1.29, 1.82) is 0 Å². The molecule has 132 valence electrons. The number of carbonyl (C=O) groups is 1. The van der Waals surface area contributed by atoms with Gasteiger partial charge >= 0.3 is 5.97 Å². The number of benzene rings is 1. The highest BCUT2D eigenvalue weighted by Gasteiger charge is 2.25. The van der Waals surface area contributed by atoms with E-state index in [-0.39, 0.29) is 12.0 Å². The number of hydrogen-bond donors (Lipinski definition) is 1. The lowest BCUT2D eigenvalue weighted by Gasteiger charge is -2.23. The molecule has 1 aliphatic heterocycles. The Bertz CT molecular complexity index is 655. The van der Waals surface area contributed by atoms with Crippen LogP contribution >= 0.6 is 0 Å². The third-order valence-corrected chi connectivity index (χ3v) is 4.28. The van der Waals surface area contributed by atoms with E-state index < -0.39 is 0 Å². The quantitative estimate of drug-likeness (QED) is 0.638. The van der Waals surface area contributed by atoms with Gasteiger partial charge in [-0.05, 0) is 36.8 Å². The zero-order valence-electron chi connectivity index (χ0n) is 14.3. The first kappa shape index (κ1) is 17.4. The van der Waals surface area contributed by atoms with Crippen molar-refractivity contribution in [2.75, 3.05) is 13.2 Å². The monoisotopic (exact) mass is 340 g/mol. The molecule has 0 radical (unpaired) electrons. The van der Waals surface area contributed by atoms with Crippen molar-refractivity contribution >= 4 is 11.7 Å². The van der Waals surface area contributed by atoms with E-state index in [1.807, 2.05) is 36.4 Å². The van der Waals surface area contributed by atoms with E-state index in [2.05, 4.69) is 22.6 Å². The maximum Gasteiger partial charge on any atom is 0.323 e. The second-order valence-corrected chi connectivity index (χ2v) is 6.26. The summed E-state index contributed by atoms with van der Waals surface area (Å²) < 4.78 is 5.40. The van der Waals surface area contributed by atoms with Crippen LogP contribution in [0.25, 0.3) is 0 Å². The molecular weight excluding hydrogens is 316 g/mol. The number of piperidine rings is 1. The predicted octanol–water partition coefficient (Wildman–Crippen LogP) is 3.13. The lowest BCUT2D eigenvalue weighted by atomic mass is 10.0. The van der Waals surface area contributed by atoms with Gasteiger partial charge in [0, 0.05) is 6.54 Å². The van der Waals surface area contributed by atoms with E-state index >= 15 is 0 Å². The van der Waals surface area contributed by atoms with Gasteiger partial charge in [-0.3, -0.25) is 10.1 Å².